The lowest BCUT2D eigenvalue weighted by Crippen LogP contribution is -2.14. The van der Waals surface area contributed by atoms with Crippen molar-refractivity contribution in [2.24, 2.45) is 0 Å². The molecule has 0 saturated carbocycles. The van der Waals surface area contributed by atoms with E-state index in [-0.39, 0.29) is 0 Å². The van der Waals surface area contributed by atoms with E-state index in [1.807, 2.05) is 28.9 Å². The molecule has 0 unspecified atom stereocenters. The van der Waals surface area contributed by atoms with Crippen molar-refractivity contribution in [1.29, 1.82) is 0 Å². The molecule has 0 atom stereocenters. The second kappa shape index (κ2) is 3.13. The molecule has 17 heavy (non-hydrogen) atoms. The van der Waals surface area contributed by atoms with Crippen molar-refractivity contribution in [3.05, 3.63) is 36.6 Å². The fourth-order valence-electron chi connectivity index (χ4n) is 2.32. The minimum atomic E-state index is 0.672. The molecule has 4 nitrogen and oxygen atoms in total. The summed E-state index contributed by atoms with van der Waals surface area (Å²) in [6.45, 7) is 1.46. The summed E-state index contributed by atoms with van der Waals surface area (Å²) in [6, 6.07) is 9.82. The molecule has 1 aliphatic rings. The van der Waals surface area contributed by atoms with E-state index in [2.05, 4.69) is 11.2 Å². The van der Waals surface area contributed by atoms with E-state index < -0.39 is 0 Å². The molecule has 0 aliphatic carbocycles. The second-order valence-corrected chi connectivity index (χ2v) is 4.05. The Bertz CT molecular complexity index is 683. The Kier molecular flexibility index (Phi) is 1.63. The first kappa shape index (κ1) is 8.87. The molecule has 0 bridgehead atoms. The number of hydrogen-bond acceptors (Lipinski definition) is 3. The Morgan fingerprint density at radius 1 is 1.18 bits per heavy atom. The van der Waals surface area contributed by atoms with Crippen LogP contribution in [0.25, 0.3) is 22.4 Å². The first-order valence-corrected chi connectivity index (χ1v) is 5.60. The third kappa shape index (κ3) is 1.15. The van der Waals surface area contributed by atoms with Crippen molar-refractivity contribution in [1.82, 2.24) is 9.78 Å². The molecule has 0 saturated heterocycles. The number of benzene rings is 1. The zero-order chi connectivity index (χ0) is 11.2. The normalized spacial score (nSPS) is 13.9. The fourth-order valence-corrected chi connectivity index (χ4v) is 2.32. The van der Waals surface area contributed by atoms with Gasteiger partial charge in [-0.25, -0.2) is 0 Å². The van der Waals surface area contributed by atoms with E-state index in [0.717, 1.165) is 34.7 Å². The lowest BCUT2D eigenvalue weighted by molar-refractivity contribution is 0.278. The van der Waals surface area contributed by atoms with Gasteiger partial charge in [0.15, 0.2) is 5.76 Å². The Labute approximate surface area is 97.4 Å². The number of ether oxygens (including phenoxy) is 1. The van der Waals surface area contributed by atoms with Crippen LogP contribution in [0.3, 0.4) is 0 Å². The number of furan rings is 1. The summed E-state index contributed by atoms with van der Waals surface area (Å²) in [5, 5.41) is 5.69. The van der Waals surface area contributed by atoms with Gasteiger partial charge in [0.05, 0.1) is 12.8 Å². The minimum Gasteiger partial charge on any atom is -0.489 e. The summed E-state index contributed by atoms with van der Waals surface area (Å²) in [6.07, 6.45) is 1.67. The van der Waals surface area contributed by atoms with Crippen LogP contribution in [0.5, 0.6) is 5.75 Å². The largest absolute Gasteiger partial charge is 0.489 e. The third-order valence-electron chi connectivity index (χ3n) is 3.05. The molecule has 3 aromatic rings. The van der Waals surface area contributed by atoms with Crippen molar-refractivity contribution in [2.75, 3.05) is 6.61 Å². The molecule has 0 radical (unpaired) electrons. The van der Waals surface area contributed by atoms with Crippen molar-refractivity contribution < 1.29 is 9.15 Å². The molecule has 4 rings (SSSR count). The molecule has 2 aromatic heterocycles. The SMILES string of the molecule is c1coc(-c2nn3c4c(cccc24)OCC3)c1. The zero-order valence-corrected chi connectivity index (χ0v) is 9.09. The van der Waals surface area contributed by atoms with Crippen molar-refractivity contribution >= 4 is 10.9 Å². The smallest absolute Gasteiger partial charge is 0.154 e. The van der Waals surface area contributed by atoms with Gasteiger partial charge >= 0.3 is 0 Å². The lowest BCUT2D eigenvalue weighted by Gasteiger charge is -2.14. The third-order valence-corrected chi connectivity index (χ3v) is 3.05. The first-order chi connectivity index (χ1) is 8.43. The highest BCUT2D eigenvalue weighted by Gasteiger charge is 2.20. The Hall–Kier alpha value is -2.23. The first-order valence-electron chi connectivity index (χ1n) is 5.60. The van der Waals surface area contributed by atoms with Crippen LogP contribution in [0.4, 0.5) is 0 Å². The van der Waals surface area contributed by atoms with E-state index in [4.69, 9.17) is 9.15 Å². The van der Waals surface area contributed by atoms with Gasteiger partial charge in [0.25, 0.3) is 0 Å². The Morgan fingerprint density at radius 2 is 2.18 bits per heavy atom. The summed E-state index contributed by atoms with van der Waals surface area (Å²) in [5.74, 6) is 1.70. The molecule has 0 fully saturated rings. The van der Waals surface area contributed by atoms with Crippen LogP contribution in [0.2, 0.25) is 0 Å². The molecular formula is C13H10N2O2. The van der Waals surface area contributed by atoms with Gasteiger partial charge in [0, 0.05) is 5.39 Å². The highest BCUT2D eigenvalue weighted by atomic mass is 16.5. The van der Waals surface area contributed by atoms with E-state index >= 15 is 0 Å². The number of para-hydroxylation sites is 1. The average Bonchev–Trinajstić information content (AvgIpc) is 2.98. The van der Waals surface area contributed by atoms with Crippen LogP contribution in [-0.2, 0) is 6.54 Å². The average molecular weight is 226 g/mol. The van der Waals surface area contributed by atoms with Gasteiger partial charge in [-0.1, -0.05) is 12.1 Å². The van der Waals surface area contributed by atoms with Gasteiger partial charge in [-0.3, -0.25) is 4.68 Å². The molecule has 84 valence electrons. The highest BCUT2D eigenvalue weighted by molar-refractivity contribution is 5.95. The van der Waals surface area contributed by atoms with Gasteiger partial charge in [-0.2, -0.15) is 5.10 Å². The van der Waals surface area contributed by atoms with E-state index in [1.165, 1.54) is 0 Å². The number of aromatic nitrogens is 2. The van der Waals surface area contributed by atoms with Gasteiger partial charge in [0.2, 0.25) is 0 Å². The quantitative estimate of drug-likeness (QED) is 0.640. The van der Waals surface area contributed by atoms with Crippen molar-refractivity contribution in [3.8, 4) is 17.2 Å². The fraction of sp³-hybridized carbons (Fsp3) is 0.154. The predicted molar refractivity (Wildman–Crippen MR) is 62.9 cm³/mol. The van der Waals surface area contributed by atoms with Crippen LogP contribution in [0.1, 0.15) is 0 Å². The maximum absolute atomic E-state index is 5.63. The predicted octanol–water partition coefficient (Wildman–Crippen LogP) is 2.69. The Balaban J connectivity index is 2.10. The van der Waals surface area contributed by atoms with Crippen LogP contribution >= 0.6 is 0 Å². The number of nitrogens with zero attached hydrogens (tertiary/aromatic N) is 2. The monoisotopic (exact) mass is 226 g/mol. The van der Waals surface area contributed by atoms with Gasteiger partial charge in [-0.15, -0.1) is 0 Å². The van der Waals surface area contributed by atoms with Gasteiger partial charge < -0.3 is 9.15 Å². The van der Waals surface area contributed by atoms with Crippen LogP contribution in [0.15, 0.2) is 41.0 Å². The Morgan fingerprint density at radius 3 is 3.06 bits per heavy atom. The summed E-state index contributed by atoms with van der Waals surface area (Å²) in [5.41, 5.74) is 1.95. The zero-order valence-electron chi connectivity index (χ0n) is 9.09. The molecule has 0 N–H and O–H groups in total. The van der Waals surface area contributed by atoms with Gasteiger partial charge in [-0.05, 0) is 18.2 Å². The number of rotatable bonds is 1. The standard InChI is InChI=1S/C13H10N2O2/c1-3-9-12(10-5-2-7-16-10)14-15-6-8-17-11(4-1)13(9)15/h1-5,7H,6,8H2. The molecule has 1 aromatic carbocycles. The highest BCUT2D eigenvalue weighted by Crippen LogP contribution is 2.35. The summed E-state index contributed by atoms with van der Waals surface area (Å²) in [7, 11) is 0. The maximum atomic E-state index is 5.63. The second-order valence-electron chi connectivity index (χ2n) is 4.05. The molecule has 1 aliphatic heterocycles. The lowest BCUT2D eigenvalue weighted by atomic mass is 10.1. The van der Waals surface area contributed by atoms with Crippen LogP contribution in [-0.4, -0.2) is 16.4 Å². The van der Waals surface area contributed by atoms with Crippen molar-refractivity contribution in [2.45, 2.75) is 6.54 Å². The number of hydrogen-bond donors (Lipinski definition) is 0. The molecular weight excluding hydrogens is 216 g/mol. The summed E-state index contributed by atoms with van der Waals surface area (Å²) >= 11 is 0. The topological polar surface area (TPSA) is 40.2 Å². The van der Waals surface area contributed by atoms with E-state index in [0.29, 0.717) is 6.61 Å². The van der Waals surface area contributed by atoms with Crippen LogP contribution in [0, 0.1) is 0 Å². The van der Waals surface area contributed by atoms with E-state index in [9.17, 15) is 0 Å². The summed E-state index contributed by atoms with van der Waals surface area (Å²) in [4.78, 5) is 0. The van der Waals surface area contributed by atoms with Gasteiger partial charge in [0.1, 0.15) is 23.6 Å². The van der Waals surface area contributed by atoms with Crippen molar-refractivity contribution in [3.63, 3.8) is 0 Å². The molecule has 4 heteroatoms. The van der Waals surface area contributed by atoms with Crippen LogP contribution < -0.4 is 4.74 Å². The maximum Gasteiger partial charge on any atom is 0.154 e. The molecule has 0 spiro atoms. The molecule has 0 amide bonds. The summed E-state index contributed by atoms with van der Waals surface area (Å²) < 4.78 is 13.1. The minimum absolute atomic E-state index is 0.672. The van der Waals surface area contributed by atoms with E-state index in [1.54, 1.807) is 6.26 Å². The molecule has 3 heterocycles.